The van der Waals surface area contributed by atoms with Gasteiger partial charge in [-0.05, 0) is 13.8 Å². The number of aryl methyl sites for hydroxylation is 1. The van der Waals surface area contributed by atoms with Crippen LogP contribution in [0.25, 0.3) is 0 Å². The van der Waals surface area contributed by atoms with Gasteiger partial charge in [-0.25, -0.2) is 9.97 Å². The molecule has 0 saturated heterocycles. The van der Waals surface area contributed by atoms with Crippen molar-refractivity contribution in [1.82, 2.24) is 15.0 Å². The van der Waals surface area contributed by atoms with Gasteiger partial charge in [0.25, 0.3) is 0 Å². The van der Waals surface area contributed by atoms with Crippen molar-refractivity contribution in [3.63, 3.8) is 0 Å². The smallest absolute Gasteiger partial charge is 0.224 e. The lowest BCUT2D eigenvalue weighted by atomic mass is 10.4. The first kappa shape index (κ1) is 14.0. The SMILES string of the molecule is CCNc1ncc(Cl)c(NCCc2nc(C)cs2)n1. The average Bonchev–Trinajstić information content (AvgIpc) is 2.79. The third-order valence-electron chi connectivity index (χ3n) is 2.38. The van der Waals surface area contributed by atoms with Crippen LogP contribution in [0.2, 0.25) is 5.02 Å². The minimum absolute atomic E-state index is 0.525. The predicted molar refractivity (Wildman–Crippen MR) is 80.3 cm³/mol. The molecule has 0 fully saturated rings. The minimum atomic E-state index is 0.525. The maximum Gasteiger partial charge on any atom is 0.224 e. The number of hydrogen-bond acceptors (Lipinski definition) is 6. The van der Waals surface area contributed by atoms with Gasteiger partial charge in [-0.15, -0.1) is 11.3 Å². The second kappa shape index (κ2) is 6.68. The summed E-state index contributed by atoms with van der Waals surface area (Å²) in [4.78, 5) is 12.8. The Morgan fingerprint density at radius 1 is 1.32 bits per heavy atom. The number of halogens is 1. The molecule has 2 aromatic rings. The molecule has 0 atom stereocenters. The van der Waals surface area contributed by atoms with E-state index in [1.165, 1.54) is 0 Å². The van der Waals surface area contributed by atoms with Crippen LogP contribution in [0.3, 0.4) is 0 Å². The maximum absolute atomic E-state index is 6.05. The number of anilines is 2. The Morgan fingerprint density at radius 2 is 2.16 bits per heavy atom. The molecule has 2 heterocycles. The zero-order chi connectivity index (χ0) is 13.7. The standard InChI is InChI=1S/C12H16ClN5S/c1-3-14-12-16-6-9(13)11(18-12)15-5-4-10-17-8(2)7-19-10/h6-7H,3-5H2,1-2H3,(H2,14,15,16,18). The molecule has 0 radical (unpaired) electrons. The van der Waals surface area contributed by atoms with Crippen LogP contribution < -0.4 is 10.6 Å². The third kappa shape index (κ3) is 4.04. The fraction of sp³-hybridized carbons (Fsp3) is 0.417. The zero-order valence-electron chi connectivity index (χ0n) is 10.9. The fourth-order valence-corrected chi connectivity index (χ4v) is 2.47. The highest BCUT2D eigenvalue weighted by atomic mass is 35.5. The Bertz CT molecular complexity index is 543. The molecule has 0 aliphatic heterocycles. The van der Waals surface area contributed by atoms with Gasteiger partial charge in [-0.1, -0.05) is 11.6 Å². The van der Waals surface area contributed by atoms with E-state index in [2.05, 4.69) is 31.0 Å². The van der Waals surface area contributed by atoms with E-state index < -0.39 is 0 Å². The van der Waals surface area contributed by atoms with Crippen molar-refractivity contribution in [2.24, 2.45) is 0 Å². The van der Waals surface area contributed by atoms with E-state index >= 15 is 0 Å². The molecule has 0 spiro atoms. The largest absolute Gasteiger partial charge is 0.368 e. The molecule has 2 rings (SSSR count). The number of hydrogen-bond donors (Lipinski definition) is 2. The first-order chi connectivity index (χ1) is 9.19. The molecule has 5 nitrogen and oxygen atoms in total. The van der Waals surface area contributed by atoms with Crippen molar-refractivity contribution in [2.75, 3.05) is 23.7 Å². The van der Waals surface area contributed by atoms with Crippen LogP contribution in [-0.4, -0.2) is 28.0 Å². The number of aromatic nitrogens is 3. The van der Waals surface area contributed by atoms with E-state index in [1.807, 2.05) is 13.8 Å². The summed E-state index contributed by atoms with van der Waals surface area (Å²) in [7, 11) is 0. The van der Waals surface area contributed by atoms with Crippen LogP contribution >= 0.6 is 22.9 Å². The maximum atomic E-state index is 6.05. The summed E-state index contributed by atoms with van der Waals surface area (Å²) in [5, 5.41) is 9.96. The monoisotopic (exact) mass is 297 g/mol. The summed E-state index contributed by atoms with van der Waals surface area (Å²) in [5.41, 5.74) is 1.06. The molecule has 0 unspecified atom stereocenters. The molecule has 0 bridgehead atoms. The Morgan fingerprint density at radius 3 is 2.84 bits per heavy atom. The van der Waals surface area contributed by atoms with E-state index in [1.54, 1.807) is 17.5 Å². The molecule has 0 aliphatic carbocycles. The van der Waals surface area contributed by atoms with Crippen molar-refractivity contribution in [1.29, 1.82) is 0 Å². The Balaban J connectivity index is 1.93. The highest BCUT2D eigenvalue weighted by molar-refractivity contribution is 7.09. The van der Waals surface area contributed by atoms with Gasteiger partial charge in [0.1, 0.15) is 10.8 Å². The topological polar surface area (TPSA) is 62.7 Å². The van der Waals surface area contributed by atoms with Crippen LogP contribution in [0.5, 0.6) is 0 Å². The van der Waals surface area contributed by atoms with Crippen molar-refractivity contribution < 1.29 is 0 Å². The zero-order valence-corrected chi connectivity index (χ0v) is 12.5. The number of nitrogens with one attached hydrogen (secondary N) is 2. The number of thiazole rings is 1. The van der Waals surface area contributed by atoms with Crippen molar-refractivity contribution in [2.45, 2.75) is 20.3 Å². The lowest BCUT2D eigenvalue weighted by Gasteiger charge is -2.08. The van der Waals surface area contributed by atoms with Crippen molar-refractivity contribution in [3.8, 4) is 0 Å². The molecule has 0 aliphatic rings. The summed E-state index contributed by atoms with van der Waals surface area (Å²) < 4.78 is 0. The molecule has 0 amide bonds. The first-order valence-electron chi connectivity index (χ1n) is 6.10. The Hall–Kier alpha value is -1.40. The van der Waals surface area contributed by atoms with Crippen LogP contribution in [0, 0.1) is 6.92 Å². The Kier molecular flexibility index (Phi) is 4.93. The van der Waals surface area contributed by atoms with E-state index in [-0.39, 0.29) is 0 Å². The van der Waals surface area contributed by atoms with Gasteiger partial charge < -0.3 is 10.6 Å². The molecule has 102 valence electrons. The number of rotatable bonds is 6. The summed E-state index contributed by atoms with van der Waals surface area (Å²) in [6.07, 6.45) is 2.46. The van der Waals surface area contributed by atoms with Crippen LogP contribution in [0.15, 0.2) is 11.6 Å². The van der Waals surface area contributed by atoms with Gasteiger partial charge in [0.05, 0.1) is 11.2 Å². The second-order valence-corrected chi connectivity index (χ2v) is 5.33. The summed E-state index contributed by atoms with van der Waals surface area (Å²) in [6.45, 7) is 5.52. The van der Waals surface area contributed by atoms with Gasteiger partial charge in [0.2, 0.25) is 5.95 Å². The lowest BCUT2D eigenvalue weighted by molar-refractivity contribution is 0.971. The molecule has 19 heavy (non-hydrogen) atoms. The lowest BCUT2D eigenvalue weighted by Crippen LogP contribution is -2.09. The summed E-state index contributed by atoms with van der Waals surface area (Å²) in [5.74, 6) is 1.24. The van der Waals surface area contributed by atoms with Crippen molar-refractivity contribution >= 4 is 34.7 Å². The molecule has 0 aromatic carbocycles. The molecule has 2 aromatic heterocycles. The van der Waals surface area contributed by atoms with Gasteiger partial charge >= 0.3 is 0 Å². The molecular weight excluding hydrogens is 282 g/mol. The summed E-state index contributed by atoms with van der Waals surface area (Å²) in [6, 6.07) is 0. The highest BCUT2D eigenvalue weighted by Gasteiger charge is 2.05. The first-order valence-corrected chi connectivity index (χ1v) is 7.36. The van der Waals surface area contributed by atoms with Gasteiger partial charge in [-0.2, -0.15) is 4.98 Å². The van der Waals surface area contributed by atoms with Crippen LogP contribution in [0.1, 0.15) is 17.6 Å². The van der Waals surface area contributed by atoms with Gasteiger partial charge in [0.15, 0.2) is 0 Å². The Labute approximate surface area is 121 Å². The van der Waals surface area contributed by atoms with Crippen LogP contribution in [0.4, 0.5) is 11.8 Å². The van der Waals surface area contributed by atoms with E-state index in [9.17, 15) is 0 Å². The number of nitrogens with zero attached hydrogens (tertiary/aromatic N) is 3. The van der Waals surface area contributed by atoms with E-state index in [0.29, 0.717) is 16.8 Å². The summed E-state index contributed by atoms with van der Waals surface area (Å²) >= 11 is 7.72. The molecule has 2 N–H and O–H groups in total. The third-order valence-corrected chi connectivity index (χ3v) is 3.68. The second-order valence-electron chi connectivity index (χ2n) is 3.98. The molecule has 7 heteroatoms. The van der Waals surface area contributed by atoms with Crippen molar-refractivity contribution in [3.05, 3.63) is 27.3 Å². The van der Waals surface area contributed by atoms with E-state index in [0.717, 1.165) is 30.2 Å². The molecule has 0 saturated carbocycles. The fourth-order valence-electron chi connectivity index (χ4n) is 1.54. The normalized spacial score (nSPS) is 10.5. The quantitative estimate of drug-likeness (QED) is 0.858. The predicted octanol–water partition coefficient (Wildman–Crippen LogP) is 2.98. The molecular formula is C12H16ClN5S. The van der Waals surface area contributed by atoms with Crippen LogP contribution in [-0.2, 0) is 6.42 Å². The average molecular weight is 298 g/mol. The highest BCUT2D eigenvalue weighted by Crippen LogP contribution is 2.19. The minimum Gasteiger partial charge on any atom is -0.368 e. The van der Waals surface area contributed by atoms with E-state index in [4.69, 9.17) is 11.6 Å². The van der Waals surface area contributed by atoms with Gasteiger partial charge in [0, 0.05) is 30.6 Å². The van der Waals surface area contributed by atoms with Gasteiger partial charge in [-0.3, -0.25) is 0 Å².